The Labute approximate surface area is 41.9 Å². The van der Waals surface area contributed by atoms with Crippen molar-refractivity contribution >= 4 is 17.3 Å². The second-order valence-corrected chi connectivity index (χ2v) is 1.47. The van der Waals surface area contributed by atoms with Gasteiger partial charge in [0, 0.05) is 6.54 Å². The number of thiocarbonyl (C=S) groups is 1. The van der Waals surface area contributed by atoms with Gasteiger partial charge in [-0.05, 0) is 12.2 Å². The Morgan fingerprint density at radius 3 is 2.83 bits per heavy atom. The van der Waals surface area contributed by atoms with Crippen molar-refractivity contribution in [2.45, 2.75) is 0 Å². The van der Waals surface area contributed by atoms with Crippen LogP contribution in [0.4, 0.5) is 0 Å². The van der Waals surface area contributed by atoms with Crippen LogP contribution < -0.4 is 10.6 Å². The fraction of sp³-hybridized carbons (Fsp3) is 0.333. The van der Waals surface area contributed by atoms with Crippen LogP contribution in [0.3, 0.4) is 0 Å². The van der Waals surface area contributed by atoms with E-state index in [1.165, 1.54) is 0 Å². The molecule has 0 aromatic carbocycles. The van der Waals surface area contributed by atoms with Crippen molar-refractivity contribution in [1.82, 2.24) is 10.6 Å². The minimum absolute atomic E-state index is 0.731. The molecule has 1 aliphatic heterocycles. The summed E-state index contributed by atoms with van der Waals surface area (Å²) in [6, 6.07) is 0. The van der Waals surface area contributed by atoms with Crippen LogP contribution in [-0.2, 0) is 0 Å². The van der Waals surface area contributed by atoms with Crippen LogP contribution in [0.5, 0.6) is 0 Å². The van der Waals surface area contributed by atoms with E-state index in [0.29, 0.717) is 0 Å². The van der Waals surface area contributed by atoms with Crippen LogP contribution in [0, 0.1) is 6.54 Å². The van der Waals surface area contributed by atoms with E-state index in [1.54, 1.807) is 0 Å². The van der Waals surface area contributed by atoms with Crippen LogP contribution in [0.2, 0.25) is 0 Å². The van der Waals surface area contributed by atoms with Crippen molar-refractivity contribution < 1.29 is 0 Å². The van der Waals surface area contributed by atoms with Crippen LogP contribution in [0.1, 0.15) is 0 Å². The summed E-state index contributed by atoms with van der Waals surface area (Å²) in [7, 11) is 0. The van der Waals surface area contributed by atoms with E-state index in [1.807, 2.05) is 6.54 Å². The second kappa shape index (κ2) is 1.43. The normalized spacial score (nSPS) is 19.7. The Hall–Kier alpha value is -0.310. The lowest BCUT2D eigenvalue weighted by Crippen LogP contribution is -2.19. The summed E-state index contributed by atoms with van der Waals surface area (Å²) in [5, 5.41) is 6.43. The third-order valence-electron chi connectivity index (χ3n) is 0.598. The summed E-state index contributed by atoms with van der Waals surface area (Å²) >= 11 is 4.67. The molecular formula is C3H5N2S. The molecule has 1 saturated heterocycles. The average molecular weight is 101 g/mol. The number of hydrogen-bond donors (Lipinski definition) is 2. The maximum absolute atomic E-state index is 4.67. The molecule has 1 aliphatic rings. The molecule has 1 fully saturated rings. The average Bonchev–Trinajstić information content (AvgIpc) is 1.86. The van der Waals surface area contributed by atoms with Gasteiger partial charge in [0.25, 0.3) is 0 Å². The molecular weight excluding hydrogens is 96.1 g/mol. The van der Waals surface area contributed by atoms with E-state index in [0.717, 1.165) is 11.7 Å². The highest BCUT2D eigenvalue weighted by molar-refractivity contribution is 7.80. The topological polar surface area (TPSA) is 24.1 Å². The molecule has 3 heteroatoms. The molecule has 1 radical (unpaired) electrons. The molecule has 33 valence electrons. The monoisotopic (exact) mass is 101 g/mol. The maximum Gasteiger partial charge on any atom is 0.166 e. The minimum Gasteiger partial charge on any atom is -0.361 e. The van der Waals surface area contributed by atoms with Crippen molar-refractivity contribution in [3.63, 3.8) is 0 Å². The van der Waals surface area contributed by atoms with Gasteiger partial charge < -0.3 is 10.6 Å². The summed E-state index contributed by atoms with van der Waals surface area (Å²) in [6.07, 6.45) is 0. The standard InChI is InChI=1S/C3H5N2S/c6-3-4-1-2-5-3/h1H,2H2,(H2,4,5,6). The van der Waals surface area contributed by atoms with E-state index < -0.39 is 0 Å². The molecule has 6 heavy (non-hydrogen) atoms. The quantitative estimate of drug-likeness (QED) is 0.407. The van der Waals surface area contributed by atoms with Crippen LogP contribution in [-0.4, -0.2) is 11.7 Å². The highest BCUT2D eigenvalue weighted by atomic mass is 32.1. The van der Waals surface area contributed by atoms with Crippen molar-refractivity contribution in [3.05, 3.63) is 6.54 Å². The fourth-order valence-electron chi connectivity index (χ4n) is 0.338. The van der Waals surface area contributed by atoms with E-state index in [-0.39, 0.29) is 0 Å². The van der Waals surface area contributed by atoms with Gasteiger partial charge in [0.1, 0.15) is 0 Å². The van der Waals surface area contributed by atoms with Crippen LogP contribution >= 0.6 is 12.2 Å². The SMILES string of the molecule is S=C1N[CH]CN1. The van der Waals surface area contributed by atoms with Gasteiger partial charge in [-0.15, -0.1) is 0 Å². The van der Waals surface area contributed by atoms with Crippen molar-refractivity contribution in [2.24, 2.45) is 0 Å². The maximum atomic E-state index is 4.67. The summed E-state index contributed by atoms with van der Waals surface area (Å²) < 4.78 is 0. The smallest absolute Gasteiger partial charge is 0.166 e. The van der Waals surface area contributed by atoms with E-state index in [4.69, 9.17) is 0 Å². The first-order chi connectivity index (χ1) is 2.89. The minimum atomic E-state index is 0.731. The van der Waals surface area contributed by atoms with Gasteiger partial charge in [-0.2, -0.15) is 0 Å². The van der Waals surface area contributed by atoms with Gasteiger partial charge in [-0.3, -0.25) is 0 Å². The highest BCUT2D eigenvalue weighted by Crippen LogP contribution is 1.77. The molecule has 0 atom stereocenters. The van der Waals surface area contributed by atoms with Crippen LogP contribution in [0.15, 0.2) is 0 Å². The molecule has 0 unspecified atom stereocenters. The first-order valence-electron chi connectivity index (χ1n) is 1.75. The number of rotatable bonds is 0. The Morgan fingerprint density at radius 2 is 2.67 bits per heavy atom. The third kappa shape index (κ3) is 0.597. The van der Waals surface area contributed by atoms with Crippen molar-refractivity contribution in [2.75, 3.05) is 6.54 Å². The van der Waals surface area contributed by atoms with Gasteiger partial charge in [0.15, 0.2) is 5.11 Å². The predicted octanol–water partition coefficient (Wildman–Crippen LogP) is -0.374. The third-order valence-corrected chi connectivity index (χ3v) is 0.860. The van der Waals surface area contributed by atoms with Crippen molar-refractivity contribution in [1.29, 1.82) is 0 Å². The molecule has 0 spiro atoms. The summed E-state index contributed by atoms with van der Waals surface area (Å²) in [5.74, 6) is 0. The molecule has 0 aromatic rings. The van der Waals surface area contributed by atoms with E-state index >= 15 is 0 Å². The molecule has 0 aliphatic carbocycles. The fourth-order valence-corrected chi connectivity index (χ4v) is 0.505. The summed E-state index contributed by atoms with van der Waals surface area (Å²) in [4.78, 5) is 0. The number of hydrogen-bond acceptors (Lipinski definition) is 1. The lowest BCUT2D eigenvalue weighted by atomic mass is 10.7. The zero-order chi connectivity index (χ0) is 4.41. The summed E-state index contributed by atoms with van der Waals surface area (Å²) in [5.41, 5.74) is 0. The lowest BCUT2D eigenvalue weighted by molar-refractivity contribution is 1.06. The highest BCUT2D eigenvalue weighted by Gasteiger charge is 1.99. The molecule has 1 heterocycles. The molecule has 0 saturated carbocycles. The molecule has 2 N–H and O–H groups in total. The van der Waals surface area contributed by atoms with E-state index in [9.17, 15) is 0 Å². The molecule has 0 amide bonds. The Bertz CT molecular complexity index is 63.2. The summed E-state index contributed by atoms with van der Waals surface area (Å²) in [6.45, 7) is 2.74. The molecule has 2 nitrogen and oxygen atoms in total. The predicted molar refractivity (Wildman–Crippen MR) is 28.0 cm³/mol. The van der Waals surface area contributed by atoms with Crippen molar-refractivity contribution in [3.8, 4) is 0 Å². The Morgan fingerprint density at radius 1 is 1.83 bits per heavy atom. The largest absolute Gasteiger partial charge is 0.361 e. The molecule has 0 aromatic heterocycles. The zero-order valence-corrected chi connectivity index (χ0v) is 4.01. The zero-order valence-electron chi connectivity index (χ0n) is 3.19. The van der Waals surface area contributed by atoms with Gasteiger partial charge in [0.05, 0.1) is 6.54 Å². The van der Waals surface area contributed by atoms with E-state index in [2.05, 4.69) is 22.9 Å². The first-order valence-corrected chi connectivity index (χ1v) is 2.16. The van der Waals surface area contributed by atoms with Gasteiger partial charge in [0.2, 0.25) is 0 Å². The van der Waals surface area contributed by atoms with Gasteiger partial charge in [-0.1, -0.05) is 0 Å². The second-order valence-electron chi connectivity index (χ2n) is 1.06. The Kier molecular flexibility index (Phi) is 0.919. The lowest BCUT2D eigenvalue weighted by Gasteiger charge is -1.85. The first kappa shape index (κ1) is 3.87. The Balaban J connectivity index is 2.37. The molecule has 0 bridgehead atoms. The van der Waals surface area contributed by atoms with Crippen LogP contribution in [0.25, 0.3) is 0 Å². The number of nitrogens with one attached hydrogen (secondary N) is 2. The molecule has 1 rings (SSSR count). The van der Waals surface area contributed by atoms with Gasteiger partial charge >= 0.3 is 0 Å². The van der Waals surface area contributed by atoms with Gasteiger partial charge in [-0.25, -0.2) is 0 Å².